The zero-order chi connectivity index (χ0) is 9.84. The maximum Gasteiger partial charge on any atom is 0.0625 e. The molecule has 1 fully saturated rings. The number of methoxy groups -OCH3 is 1. The molecule has 1 aliphatic carbocycles. The highest BCUT2D eigenvalue weighted by molar-refractivity contribution is 4.81. The fourth-order valence-electron chi connectivity index (χ4n) is 2.58. The summed E-state index contributed by atoms with van der Waals surface area (Å²) in [5, 5.41) is 9.63. The van der Waals surface area contributed by atoms with Crippen LogP contribution in [0.15, 0.2) is 0 Å². The molecule has 0 radical (unpaired) electrons. The van der Waals surface area contributed by atoms with Gasteiger partial charge in [-0.1, -0.05) is 20.3 Å². The largest absolute Gasteiger partial charge is 0.393 e. The summed E-state index contributed by atoms with van der Waals surface area (Å²) in [6, 6.07) is 0. The molecule has 1 saturated carbocycles. The summed E-state index contributed by atoms with van der Waals surface area (Å²) in [6.07, 6.45) is 4.36. The maximum atomic E-state index is 9.63. The molecule has 0 aromatic rings. The van der Waals surface area contributed by atoms with Crippen LogP contribution in [0.3, 0.4) is 0 Å². The lowest BCUT2D eigenvalue weighted by Crippen LogP contribution is -2.28. The summed E-state index contributed by atoms with van der Waals surface area (Å²) >= 11 is 0. The third-order valence-electron chi connectivity index (χ3n) is 3.34. The Morgan fingerprint density at radius 3 is 2.62 bits per heavy atom. The van der Waals surface area contributed by atoms with Crippen LogP contribution in [0.25, 0.3) is 0 Å². The first-order valence-electron chi connectivity index (χ1n) is 5.39. The normalized spacial score (nSPS) is 41.5. The highest BCUT2D eigenvalue weighted by Crippen LogP contribution is 2.31. The molecule has 13 heavy (non-hydrogen) atoms. The molecule has 0 spiro atoms. The van der Waals surface area contributed by atoms with Crippen LogP contribution in [0.2, 0.25) is 0 Å². The molecule has 1 N–H and O–H groups in total. The van der Waals surface area contributed by atoms with Gasteiger partial charge in [0.15, 0.2) is 0 Å². The second-order valence-electron chi connectivity index (χ2n) is 4.31. The van der Waals surface area contributed by atoms with Crippen molar-refractivity contribution >= 4 is 0 Å². The van der Waals surface area contributed by atoms with Crippen molar-refractivity contribution in [1.29, 1.82) is 0 Å². The van der Waals surface area contributed by atoms with Gasteiger partial charge in [0.25, 0.3) is 0 Å². The van der Waals surface area contributed by atoms with Gasteiger partial charge in [-0.3, -0.25) is 0 Å². The topological polar surface area (TPSA) is 29.5 Å². The zero-order valence-corrected chi connectivity index (χ0v) is 8.99. The highest BCUT2D eigenvalue weighted by atomic mass is 16.5. The minimum atomic E-state index is -0.107. The first-order chi connectivity index (χ1) is 6.19. The Kier molecular flexibility index (Phi) is 4.20. The van der Waals surface area contributed by atoms with Gasteiger partial charge in [-0.15, -0.1) is 0 Å². The Labute approximate surface area is 81.3 Å². The summed E-state index contributed by atoms with van der Waals surface area (Å²) in [7, 11) is 1.79. The average Bonchev–Trinajstić information content (AvgIpc) is 2.23. The molecule has 1 rings (SSSR count). The Bertz CT molecular complexity index is 147. The van der Waals surface area contributed by atoms with E-state index in [1.54, 1.807) is 7.11 Å². The number of ether oxygens (including phenoxy) is 1. The van der Waals surface area contributed by atoms with E-state index in [1.807, 2.05) is 0 Å². The van der Waals surface area contributed by atoms with E-state index in [0.717, 1.165) is 25.7 Å². The molecule has 4 atom stereocenters. The molecule has 2 nitrogen and oxygen atoms in total. The molecule has 0 aliphatic heterocycles. The SMILES string of the molecule is CCC1CCC(O)CC(C)C1OC. The third kappa shape index (κ3) is 2.68. The average molecular weight is 186 g/mol. The van der Waals surface area contributed by atoms with Crippen LogP contribution >= 0.6 is 0 Å². The quantitative estimate of drug-likeness (QED) is 0.670. The predicted octanol–water partition coefficient (Wildman–Crippen LogP) is 2.21. The number of rotatable bonds is 2. The van der Waals surface area contributed by atoms with Crippen molar-refractivity contribution in [2.45, 2.75) is 51.7 Å². The van der Waals surface area contributed by atoms with Gasteiger partial charge in [0.1, 0.15) is 0 Å². The number of hydrogen-bond donors (Lipinski definition) is 1. The van der Waals surface area contributed by atoms with Crippen molar-refractivity contribution in [3.8, 4) is 0 Å². The summed E-state index contributed by atoms with van der Waals surface area (Å²) in [6.45, 7) is 4.40. The first-order valence-corrected chi connectivity index (χ1v) is 5.39. The standard InChI is InChI=1S/C11H22O2/c1-4-9-5-6-10(12)7-8(2)11(9)13-3/h8-12H,4-7H2,1-3H3. The van der Waals surface area contributed by atoms with E-state index in [9.17, 15) is 5.11 Å². The Hall–Kier alpha value is -0.0800. The molecule has 78 valence electrons. The zero-order valence-electron chi connectivity index (χ0n) is 8.99. The lowest BCUT2D eigenvalue weighted by atomic mass is 9.89. The van der Waals surface area contributed by atoms with Gasteiger partial charge in [-0.25, -0.2) is 0 Å². The number of aliphatic hydroxyl groups is 1. The van der Waals surface area contributed by atoms with Crippen molar-refractivity contribution < 1.29 is 9.84 Å². The van der Waals surface area contributed by atoms with Gasteiger partial charge in [-0.05, 0) is 31.1 Å². The lowest BCUT2D eigenvalue weighted by Gasteiger charge is -2.27. The number of aliphatic hydroxyl groups excluding tert-OH is 1. The van der Waals surface area contributed by atoms with Crippen LogP contribution in [0.1, 0.15) is 39.5 Å². The van der Waals surface area contributed by atoms with Crippen LogP contribution in [0, 0.1) is 11.8 Å². The Morgan fingerprint density at radius 2 is 2.08 bits per heavy atom. The van der Waals surface area contributed by atoms with E-state index < -0.39 is 0 Å². The van der Waals surface area contributed by atoms with E-state index >= 15 is 0 Å². The van der Waals surface area contributed by atoms with Crippen LogP contribution in [0.4, 0.5) is 0 Å². The fraction of sp³-hybridized carbons (Fsp3) is 1.00. The molecule has 4 unspecified atom stereocenters. The minimum Gasteiger partial charge on any atom is -0.393 e. The maximum absolute atomic E-state index is 9.63. The number of hydrogen-bond acceptors (Lipinski definition) is 2. The van der Waals surface area contributed by atoms with E-state index in [0.29, 0.717) is 17.9 Å². The molecule has 1 aliphatic rings. The van der Waals surface area contributed by atoms with Crippen molar-refractivity contribution in [2.75, 3.05) is 7.11 Å². The van der Waals surface area contributed by atoms with Crippen LogP contribution in [-0.2, 0) is 4.74 Å². The van der Waals surface area contributed by atoms with E-state index in [2.05, 4.69) is 13.8 Å². The van der Waals surface area contributed by atoms with Gasteiger partial charge in [0.2, 0.25) is 0 Å². The van der Waals surface area contributed by atoms with Crippen molar-refractivity contribution in [3.63, 3.8) is 0 Å². The Morgan fingerprint density at radius 1 is 1.38 bits per heavy atom. The molecule has 0 heterocycles. The molecular formula is C11H22O2. The first kappa shape index (κ1) is 11.0. The predicted molar refractivity (Wildman–Crippen MR) is 53.6 cm³/mol. The second kappa shape index (κ2) is 4.97. The van der Waals surface area contributed by atoms with E-state index in [4.69, 9.17) is 4.74 Å². The molecule has 2 heteroatoms. The van der Waals surface area contributed by atoms with Gasteiger partial charge < -0.3 is 9.84 Å². The van der Waals surface area contributed by atoms with Crippen molar-refractivity contribution in [3.05, 3.63) is 0 Å². The third-order valence-corrected chi connectivity index (χ3v) is 3.34. The second-order valence-corrected chi connectivity index (χ2v) is 4.31. The minimum absolute atomic E-state index is 0.107. The van der Waals surface area contributed by atoms with Crippen LogP contribution in [-0.4, -0.2) is 24.4 Å². The summed E-state index contributed by atoms with van der Waals surface area (Å²) < 4.78 is 5.52. The van der Waals surface area contributed by atoms with Gasteiger partial charge >= 0.3 is 0 Å². The highest BCUT2D eigenvalue weighted by Gasteiger charge is 2.30. The lowest BCUT2D eigenvalue weighted by molar-refractivity contribution is 0.00808. The summed E-state index contributed by atoms with van der Waals surface area (Å²) in [5.74, 6) is 1.13. The van der Waals surface area contributed by atoms with Gasteiger partial charge in [0.05, 0.1) is 12.2 Å². The molecule has 0 aromatic heterocycles. The monoisotopic (exact) mass is 186 g/mol. The smallest absolute Gasteiger partial charge is 0.0625 e. The van der Waals surface area contributed by atoms with Crippen molar-refractivity contribution in [1.82, 2.24) is 0 Å². The Balaban J connectivity index is 2.62. The molecule has 0 bridgehead atoms. The summed E-state index contributed by atoms with van der Waals surface area (Å²) in [5.41, 5.74) is 0. The molecule has 0 aromatic carbocycles. The van der Waals surface area contributed by atoms with Gasteiger partial charge in [0, 0.05) is 7.11 Å². The molecular weight excluding hydrogens is 164 g/mol. The van der Waals surface area contributed by atoms with Crippen LogP contribution < -0.4 is 0 Å². The molecule has 0 amide bonds. The van der Waals surface area contributed by atoms with E-state index in [1.165, 1.54) is 0 Å². The van der Waals surface area contributed by atoms with Crippen molar-refractivity contribution in [2.24, 2.45) is 11.8 Å². The van der Waals surface area contributed by atoms with Gasteiger partial charge in [-0.2, -0.15) is 0 Å². The molecule has 0 saturated heterocycles. The summed E-state index contributed by atoms with van der Waals surface area (Å²) in [4.78, 5) is 0. The van der Waals surface area contributed by atoms with E-state index in [-0.39, 0.29) is 6.10 Å². The van der Waals surface area contributed by atoms with Crippen LogP contribution in [0.5, 0.6) is 0 Å². The fourth-order valence-corrected chi connectivity index (χ4v) is 2.58.